The second kappa shape index (κ2) is 7.77. The second-order valence-corrected chi connectivity index (χ2v) is 5.47. The van der Waals surface area contributed by atoms with Crippen molar-refractivity contribution in [3.8, 4) is 0 Å². The summed E-state index contributed by atoms with van der Waals surface area (Å²) in [6.07, 6.45) is -4.57. The van der Waals surface area contributed by atoms with Gasteiger partial charge in [-0.3, -0.25) is 0 Å². The highest BCUT2D eigenvalue weighted by Gasteiger charge is 2.33. The minimum Gasteiger partial charge on any atom is -0.351 e. The first-order valence-corrected chi connectivity index (χ1v) is 7.57. The summed E-state index contributed by atoms with van der Waals surface area (Å²) >= 11 is 0. The lowest BCUT2D eigenvalue weighted by Gasteiger charge is -2.17. The summed E-state index contributed by atoms with van der Waals surface area (Å²) in [5, 5.41) is 7.16. The van der Waals surface area contributed by atoms with Crippen molar-refractivity contribution in [2.24, 2.45) is 5.73 Å². The van der Waals surface area contributed by atoms with Gasteiger partial charge in [0.25, 0.3) is 0 Å². The first kappa shape index (κ1) is 19.1. The smallest absolute Gasteiger partial charge is 0.351 e. The highest BCUT2D eigenvalue weighted by Crippen LogP contribution is 2.34. The lowest BCUT2D eigenvalue weighted by atomic mass is 10.1. The van der Waals surface area contributed by atoms with E-state index in [1.54, 1.807) is 31.2 Å². The van der Waals surface area contributed by atoms with Crippen LogP contribution in [-0.2, 0) is 6.18 Å². The third-order valence-corrected chi connectivity index (χ3v) is 3.51. The van der Waals surface area contributed by atoms with Crippen LogP contribution in [0.15, 0.2) is 48.5 Å². The van der Waals surface area contributed by atoms with E-state index in [2.05, 4.69) is 16.0 Å². The Morgan fingerprint density at radius 3 is 2.19 bits per heavy atom. The summed E-state index contributed by atoms with van der Waals surface area (Å²) in [5.41, 5.74) is 4.93. The van der Waals surface area contributed by atoms with Crippen molar-refractivity contribution in [1.29, 1.82) is 0 Å². The number of carbonyl (C=O) groups is 2. The molecular weight excluding hydrogens is 349 g/mol. The summed E-state index contributed by atoms with van der Waals surface area (Å²) in [5.74, 6) is 0. The quantitative estimate of drug-likeness (QED) is 0.656. The fraction of sp³-hybridized carbons (Fsp3) is 0.176. The van der Waals surface area contributed by atoms with Crippen LogP contribution in [0.5, 0.6) is 0 Å². The predicted molar refractivity (Wildman–Crippen MR) is 91.7 cm³/mol. The maximum Gasteiger partial charge on any atom is 0.418 e. The molecule has 6 nitrogen and oxygen atoms in total. The first-order valence-electron chi connectivity index (χ1n) is 7.57. The van der Waals surface area contributed by atoms with Crippen molar-refractivity contribution in [2.45, 2.75) is 19.1 Å². The van der Waals surface area contributed by atoms with Crippen LogP contribution >= 0.6 is 0 Å². The normalized spacial score (nSPS) is 12.2. The molecule has 0 aliphatic carbocycles. The van der Waals surface area contributed by atoms with Crippen LogP contribution in [0.3, 0.4) is 0 Å². The van der Waals surface area contributed by atoms with Crippen LogP contribution < -0.4 is 21.7 Å². The van der Waals surface area contributed by atoms with E-state index in [0.717, 1.165) is 6.07 Å². The molecule has 4 amide bonds. The van der Waals surface area contributed by atoms with Gasteiger partial charge in [-0.15, -0.1) is 0 Å². The van der Waals surface area contributed by atoms with Gasteiger partial charge < -0.3 is 21.7 Å². The molecule has 2 rings (SSSR count). The fourth-order valence-corrected chi connectivity index (χ4v) is 2.28. The van der Waals surface area contributed by atoms with E-state index in [-0.39, 0.29) is 5.69 Å². The molecule has 2 aromatic carbocycles. The number of urea groups is 2. The highest BCUT2D eigenvalue weighted by molar-refractivity contribution is 5.90. The standard InChI is InChI=1S/C17H17F3N4O2/c1-10(11-6-8-12(9-7-11)23-15(21)25)22-16(26)24-14-5-3-2-4-13(14)17(18,19)20/h2-10H,1H3,(H3,21,23,25)(H2,22,24,26)/t10-/m1/s1. The van der Waals surface area contributed by atoms with E-state index in [4.69, 9.17) is 5.73 Å². The average Bonchev–Trinajstić information content (AvgIpc) is 2.54. The van der Waals surface area contributed by atoms with Crippen LogP contribution in [0.25, 0.3) is 0 Å². The molecule has 0 heterocycles. The van der Waals surface area contributed by atoms with E-state index in [0.29, 0.717) is 11.3 Å². The molecule has 0 unspecified atom stereocenters. The third kappa shape index (κ3) is 5.13. The van der Waals surface area contributed by atoms with Gasteiger partial charge in [0.2, 0.25) is 0 Å². The van der Waals surface area contributed by atoms with Crippen molar-refractivity contribution < 1.29 is 22.8 Å². The number of nitrogens with two attached hydrogens (primary N) is 1. The van der Waals surface area contributed by atoms with Gasteiger partial charge in [0.05, 0.1) is 17.3 Å². The van der Waals surface area contributed by atoms with E-state index < -0.39 is 29.8 Å². The number of para-hydroxylation sites is 1. The molecule has 0 radical (unpaired) electrons. The number of hydrogen-bond acceptors (Lipinski definition) is 2. The molecule has 0 saturated carbocycles. The van der Waals surface area contributed by atoms with Crippen molar-refractivity contribution in [3.05, 3.63) is 59.7 Å². The minimum absolute atomic E-state index is 0.328. The van der Waals surface area contributed by atoms with Gasteiger partial charge in [0.15, 0.2) is 0 Å². The van der Waals surface area contributed by atoms with E-state index in [1.807, 2.05) is 0 Å². The molecule has 2 aromatic rings. The van der Waals surface area contributed by atoms with Gasteiger partial charge in [-0.05, 0) is 36.8 Å². The number of anilines is 2. The van der Waals surface area contributed by atoms with Crippen molar-refractivity contribution >= 4 is 23.4 Å². The van der Waals surface area contributed by atoms with Gasteiger partial charge >= 0.3 is 18.2 Å². The van der Waals surface area contributed by atoms with Gasteiger partial charge in [0.1, 0.15) is 0 Å². The van der Waals surface area contributed by atoms with Gasteiger partial charge in [-0.2, -0.15) is 13.2 Å². The molecule has 138 valence electrons. The molecule has 0 bridgehead atoms. The molecule has 0 fully saturated rings. The number of alkyl halides is 3. The van der Waals surface area contributed by atoms with Crippen LogP contribution in [-0.4, -0.2) is 12.1 Å². The monoisotopic (exact) mass is 366 g/mol. The maximum atomic E-state index is 12.9. The Morgan fingerprint density at radius 1 is 1.00 bits per heavy atom. The van der Waals surface area contributed by atoms with Crippen LogP contribution in [0.4, 0.5) is 34.1 Å². The van der Waals surface area contributed by atoms with Crippen molar-refractivity contribution in [3.63, 3.8) is 0 Å². The summed E-state index contributed by atoms with van der Waals surface area (Å²) in [6, 6.07) is 9.26. The molecule has 0 spiro atoms. The van der Waals surface area contributed by atoms with E-state index >= 15 is 0 Å². The Bertz CT molecular complexity index is 791. The third-order valence-electron chi connectivity index (χ3n) is 3.51. The number of halogens is 3. The average molecular weight is 366 g/mol. The summed E-state index contributed by atoms with van der Waals surface area (Å²) in [6.45, 7) is 1.67. The molecule has 9 heteroatoms. The Kier molecular flexibility index (Phi) is 5.71. The fourth-order valence-electron chi connectivity index (χ4n) is 2.28. The predicted octanol–water partition coefficient (Wildman–Crippen LogP) is 4.08. The van der Waals surface area contributed by atoms with Gasteiger partial charge in [0, 0.05) is 5.69 Å². The molecule has 0 aromatic heterocycles. The molecular formula is C17H17F3N4O2. The zero-order chi connectivity index (χ0) is 19.3. The molecule has 0 aliphatic heterocycles. The number of benzene rings is 2. The molecule has 5 N–H and O–H groups in total. The largest absolute Gasteiger partial charge is 0.418 e. The minimum atomic E-state index is -4.57. The Hall–Kier alpha value is -3.23. The summed E-state index contributed by atoms with van der Waals surface area (Å²) in [4.78, 5) is 22.8. The Labute approximate surface area is 147 Å². The summed E-state index contributed by atoms with van der Waals surface area (Å²) < 4.78 is 38.8. The SMILES string of the molecule is C[C@@H](NC(=O)Nc1ccccc1C(F)(F)F)c1ccc(NC(N)=O)cc1. The van der Waals surface area contributed by atoms with Crippen LogP contribution in [0.1, 0.15) is 24.1 Å². The Morgan fingerprint density at radius 2 is 1.62 bits per heavy atom. The van der Waals surface area contributed by atoms with E-state index in [9.17, 15) is 22.8 Å². The van der Waals surface area contributed by atoms with Crippen molar-refractivity contribution in [1.82, 2.24) is 5.32 Å². The lowest BCUT2D eigenvalue weighted by molar-refractivity contribution is -0.136. The highest BCUT2D eigenvalue weighted by atomic mass is 19.4. The summed E-state index contributed by atoms with van der Waals surface area (Å²) in [7, 11) is 0. The molecule has 26 heavy (non-hydrogen) atoms. The van der Waals surface area contributed by atoms with Gasteiger partial charge in [-0.1, -0.05) is 24.3 Å². The zero-order valence-corrected chi connectivity index (χ0v) is 13.7. The van der Waals surface area contributed by atoms with Crippen LogP contribution in [0.2, 0.25) is 0 Å². The lowest BCUT2D eigenvalue weighted by Crippen LogP contribution is -2.31. The maximum absolute atomic E-state index is 12.9. The first-order chi connectivity index (χ1) is 12.2. The number of rotatable bonds is 4. The van der Waals surface area contributed by atoms with Gasteiger partial charge in [-0.25, -0.2) is 9.59 Å². The number of primary amides is 1. The second-order valence-electron chi connectivity index (χ2n) is 5.47. The topological polar surface area (TPSA) is 96.2 Å². The number of carbonyl (C=O) groups excluding carboxylic acids is 2. The molecule has 1 atom stereocenters. The molecule has 0 saturated heterocycles. The zero-order valence-electron chi connectivity index (χ0n) is 13.7. The Balaban J connectivity index is 2.03. The number of hydrogen-bond donors (Lipinski definition) is 4. The number of amides is 4. The van der Waals surface area contributed by atoms with E-state index in [1.165, 1.54) is 18.2 Å². The van der Waals surface area contributed by atoms with Crippen molar-refractivity contribution in [2.75, 3.05) is 10.6 Å². The number of nitrogens with one attached hydrogen (secondary N) is 3. The van der Waals surface area contributed by atoms with Crippen LogP contribution in [0, 0.1) is 0 Å². The molecule has 0 aliphatic rings.